The Labute approximate surface area is 133 Å². The molecular formula is C17H16N4O2. The third-order valence-corrected chi connectivity index (χ3v) is 3.65. The fourth-order valence-corrected chi connectivity index (χ4v) is 2.54. The van der Waals surface area contributed by atoms with Crippen LogP contribution < -0.4 is 15.2 Å². The second-order valence-corrected chi connectivity index (χ2v) is 5.00. The molecule has 0 unspecified atom stereocenters. The smallest absolute Gasteiger partial charge is 0.163 e. The van der Waals surface area contributed by atoms with E-state index in [2.05, 4.69) is 11.1 Å². The Morgan fingerprint density at radius 3 is 2.39 bits per heavy atom. The first-order valence-corrected chi connectivity index (χ1v) is 7.03. The van der Waals surface area contributed by atoms with Gasteiger partial charge in [-0.15, -0.1) is 0 Å². The zero-order valence-electron chi connectivity index (χ0n) is 12.9. The Kier molecular flexibility index (Phi) is 3.77. The minimum absolute atomic E-state index is 0.186. The lowest BCUT2D eigenvalue weighted by molar-refractivity contribution is 0.355. The number of nitriles is 1. The SMILES string of the molecule is COc1cc2nc(-c3ccc(N)cc3)n(CC#N)c2cc1OC. The van der Waals surface area contributed by atoms with Crippen LogP contribution in [0.15, 0.2) is 36.4 Å². The van der Waals surface area contributed by atoms with E-state index in [1.54, 1.807) is 14.2 Å². The quantitative estimate of drug-likeness (QED) is 0.749. The van der Waals surface area contributed by atoms with Crippen molar-refractivity contribution in [1.29, 1.82) is 5.26 Å². The molecule has 0 atom stereocenters. The predicted molar refractivity (Wildman–Crippen MR) is 88.3 cm³/mol. The minimum Gasteiger partial charge on any atom is -0.493 e. The fraction of sp³-hybridized carbons (Fsp3) is 0.176. The first kappa shape index (κ1) is 14.7. The summed E-state index contributed by atoms with van der Waals surface area (Å²) in [5.41, 5.74) is 8.87. The number of hydrogen-bond acceptors (Lipinski definition) is 5. The number of benzene rings is 2. The van der Waals surface area contributed by atoms with Gasteiger partial charge in [0.15, 0.2) is 11.5 Å². The van der Waals surface area contributed by atoms with Gasteiger partial charge in [-0.2, -0.15) is 5.26 Å². The molecule has 0 amide bonds. The summed E-state index contributed by atoms with van der Waals surface area (Å²) >= 11 is 0. The normalized spacial score (nSPS) is 10.5. The maximum Gasteiger partial charge on any atom is 0.163 e. The summed E-state index contributed by atoms with van der Waals surface area (Å²) in [7, 11) is 3.16. The Morgan fingerprint density at radius 1 is 1.13 bits per heavy atom. The van der Waals surface area contributed by atoms with E-state index in [0.29, 0.717) is 23.0 Å². The van der Waals surface area contributed by atoms with E-state index in [-0.39, 0.29) is 6.54 Å². The van der Waals surface area contributed by atoms with Crippen LogP contribution in [0.1, 0.15) is 0 Å². The van der Waals surface area contributed by atoms with Gasteiger partial charge in [0.1, 0.15) is 12.4 Å². The van der Waals surface area contributed by atoms with Crippen LogP contribution in [0, 0.1) is 11.3 Å². The number of nitrogen functional groups attached to an aromatic ring is 1. The summed E-state index contributed by atoms with van der Waals surface area (Å²) < 4.78 is 12.5. The lowest BCUT2D eigenvalue weighted by Gasteiger charge is -2.08. The summed E-state index contributed by atoms with van der Waals surface area (Å²) in [5.74, 6) is 1.91. The number of hydrogen-bond donors (Lipinski definition) is 1. The van der Waals surface area contributed by atoms with Crippen LogP contribution >= 0.6 is 0 Å². The topological polar surface area (TPSA) is 86.1 Å². The van der Waals surface area contributed by atoms with E-state index in [1.807, 2.05) is 41.0 Å². The van der Waals surface area contributed by atoms with Crippen LogP contribution in [0.3, 0.4) is 0 Å². The Bertz CT molecular complexity index is 892. The molecule has 1 heterocycles. The summed E-state index contributed by atoms with van der Waals surface area (Å²) in [4.78, 5) is 4.65. The molecule has 23 heavy (non-hydrogen) atoms. The van der Waals surface area contributed by atoms with E-state index < -0.39 is 0 Å². The monoisotopic (exact) mass is 308 g/mol. The Balaban J connectivity index is 2.27. The first-order chi connectivity index (χ1) is 11.2. The molecule has 0 aliphatic rings. The predicted octanol–water partition coefficient (Wildman–Crippen LogP) is 2.83. The van der Waals surface area contributed by atoms with E-state index in [4.69, 9.17) is 20.5 Å². The van der Waals surface area contributed by atoms with Crippen molar-refractivity contribution in [3.05, 3.63) is 36.4 Å². The van der Waals surface area contributed by atoms with Gasteiger partial charge in [-0.25, -0.2) is 4.98 Å². The van der Waals surface area contributed by atoms with Crippen molar-refractivity contribution in [3.63, 3.8) is 0 Å². The summed E-state index contributed by atoms with van der Waals surface area (Å²) in [6.07, 6.45) is 0. The average Bonchev–Trinajstić information content (AvgIpc) is 2.92. The van der Waals surface area contributed by atoms with Gasteiger partial charge in [0, 0.05) is 23.4 Å². The molecule has 0 saturated heterocycles. The van der Waals surface area contributed by atoms with Crippen LogP contribution in [0.2, 0.25) is 0 Å². The molecule has 6 heteroatoms. The van der Waals surface area contributed by atoms with Crippen LogP contribution in [0.25, 0.3) is 22.4 Å². The molecule has 0 spiro atoms. The van der Waals surface area contributed by atoms with Gasteiger partial charge in [-0.3, -0.25) is 0 Å². The number of nitrogens with two attached hydrogens (primary N) is 1. The Hall–Kier alpha value is -3.20. The van der Waals surface area contributed by atoms with Crippen LogP contribution in [0.4, 0.5) is 5.69 Å². The highest BCUT2D eigenvalue weighted by Crippen LogP contribution is 2.34. The van der Waals surface area contributed by atoms with Crippen molar-refractivity contribution in [2.24, 2.45) is 0 Å². The van der Waals surface area contributed by atoms with Gasteiger partial charge in [-0.1, -0.05) is 0 Å². The molecule has 0 aliphatic carbocycles. The van der Waals surface area contributed by atoms with Crippen molar-refractivity contribution >= 4 is 16.7 Å². The number of ether oxygens (including phenoxy) is 2. The van der Waals surface area contributed by atoms with Gasteiger partial charge in [0.2, 0.25) is 0 Å². The number of methoxy groups -OCH3 is 2. The van der Waals surface area contributed by atoms with Gasteiger partial charge in [0.25, 0.3) is 0 Å². The third-order valence-electron chi connectivity index (χ3n) is 3.65. The maximum atomic E-state index is 9.17. The second-order valence-electron chi connectivity index (χ2n) is 5.00. The van der Waals surface area contributed by atoms with Gasteiger partial charge < -0.3 is 19.8 Å². The summed E-state index contributed by atoms with van der Waals surface area (Å²) in [6, 6.07) is 13.2. The number of rotatable bonds is 4. The number of aromatic nitrogens is 2. The molecule has 0 aliphatic heterocycles. The molecule has 0 bridgehead atoms. The second kappa shape index (κ2) is 5.89. The molecule has 3 aromatic rings. The lowest BCUT2D eigenvalue weighted by atomic mass is 10.2. The number of imidazole rings is 1. The van der Waals surface area contributed by atoms with E-state index in [1.165, 1.54) is 0 Å². The molecule has 3 rings (SSSR count). The third kappa shape index (κ3) is 2.53. The van der Waals surface area contributed by atoms with E-state index >= 15 is 0 Å². The molecule has 0 radical (unpaired) electrons. The van der Waals surface area contributed by atoms with Crippen LogP contribution in [-0.4, -0.2) is 23.8 Å². The standard InChI is InChI=1S/C17H16N4O2/c1-22-15-9-13-14(10-16(15)23-2)21(8-7-18)17(20-13)11-3-5-12(19)6-4-11/h3-6,9-10H,8,19H2,1-2H3. The number of nitrogens with zero attached hydrogens (tertiary/aromatic N) is 3. The van der Waals surface area contributed by atoms with Gasteiger partial charge in [0.05, 0.1) is 31.3 Å². The fourth-order valence-electron chi connectivity index (χ4n) is 2.54. The van der Waals surface area contributed by atoms with Crippen molar-refractivity contribution in [2.45, 2.75) is 6.54 Å². The van der Waals surface area contributed by atoms with E-state index in [0.717, 1.165) is 16.6 Å². The molecular weight excluding hydrogens is 292 g/mol. The molecule has 2 aromatic carbocycles. The minimum atomic E-state index is 0.186. The molecule has 6 nitrogen and oxygen atoms in total. The van der Waals surface area contributed by atoms with Crippen molar-refractivity contribution < 1.29 is 9.47 Å². The molecule has 1 aromatic heterocycles. The summed E-state index contributed by atoms with van der Waals surface area (Å²) in [5, 5.41) is 9.17. The molecule has 116 valence electrons. The zero-order valence-corrected chi connectivity index (χ0v) is 12.9. The van der Waals surface area contributed by atoms with Gasteiger partial charge in [-0.05, 0) is 24.3 Å². The molecule has 0 fully saturated rings. The summed E-state index contributed by atoms with van der Waals surface area (Å²) in [6.45, 7) is 0.186. The number of fused-ring (bicyclic) bond motifs is 1. The Morgan fingerprint density at radius 2 is 1.78 bits per heavy atom. The largest absolute Gasteiger partial charge is 0.493 e. The van der Waals surface area contributed by atoms with Crippen molar-refractivity contribution in [1.82, 2.24) is 9.55 Å². The van der Waals surface area contributed by atoms with E-state index in [9.17, 15) is 0 Å². The number of anilines is 1. The first-order valence-electron chi connectivity index (χ1n) is 7.03. The highest BCUT2D eigenvalue weighted by atomic mass is 16.5. The zero-order chi connectivity index (χ0) is 16.4. The lowest BCUT2D eigenvalue weighted by Crippen LogP contribution is -1.99. The maximum absolute atomic E-state index is 9.17. The highest BCUT2D eigenvalue weighted by Gasteiger charge is 2.16. The van der Waals surface area contributed by atoms with Crippen molar-refractivity contribution in [3.8, 4) is 29.0 Å². The van der Waals surface area contributed by atoms with Gasteiger partial charge >= 0.3 is 0 Å². The van der Waals surface area contributed by atoms with Crippen LogP contribution in [0.5, 0.6) is 11.5 Å². The van der Waals surface area contributed by atoms with Crippen molar-refractivity contribution in [2.75, 3.05) is 20.0 Å². The molecule has 2 N–H and O–H groups in total. The molecule has 0 saturated carbocycles. The highest BCUT2D eigenvalue weighted by molar-refractivity contribution is 5.84. The average molecular weight is 308 g/mol. The van der Waals surface area contributed by atoms with Crippen LogP contribution in [-0.2, 0) is 6.54 Å².